The molecular weight excluding hydrogens is 380 g/mol. The predicted molar refractivity (Wildman–Crippen MR) is 124 cm³/mol. The SMILES string of the molecule is Cc1cc(C2(c3ccccc3)c3ccccc3-c3ccccc32)ccc1OCC1CO1. The summed E-state index contributed by atoms with van der Waals surface area (Å²) in [6.07, 6.45) is 0.253. The smallest absolute Gasteiger partial charge is 0.122 e. The molecule has 4 aromatic rings. The summed E-state index contributed by atoms with van der Waals surface area (Å²) in [5, 5.41) is 0. The highest BCUT2D eigenvalue weighted by Crippen LogP contribution is 2.56. The van der Waals surface area contributed by atoms with Gasteiger partial charge in [-0.25, -0.2) is 0 Å². The zero-order chi connectivity index (χ0) is 20.8. The van der Waals surface area contributed by atoms with E-state index in [1.165, 1.54) is 33.4 Å². The third kappa shape index (κ3) is 2.83. The van der Waals surface area contributed by atoms with E-state index >= 15 is 0 Å². The summed E-state index contributed by atoms with van der Waals surface area (Å²) in [5.41, 5.74) is 8.64. The summed E-state index contributed by atoms with van der Waals surface area (Å²) in [7, 11) is 0. The summed E-state index contributed by atoms with van der Waals surface area (Å²) in [4.78, 5) is 0. The molecule has 0 N–H and O–H groups in total. The molecule has 0 spiro atoms. The first kappa shape index (κ1) is 18.4. The van der Waals surface area contributed by atoms with Crippen molar-refractivity contribution in [3.8, 4) is 16.9 Å². The highest BCUT2D eigenvalue weighted by molar-refractivity contribution is 5.86. The van der Waals surface area contributed by atoms with Crippen molar-refractivity contribution < 1.29 is 9.47 Å². The number of fused-ring (bicyclic) bond motifs is 3. The van der Waals surface area contributed by atoms with Crippen LogP contribution in [0.4, 0.5) is 0 Å². The third-order valence-corrected chi connectivity index (χ3v) is 6.59. The molecule has 0 radical (unpaired) electrons. The minimum Gasteiger partial charge on any atom is -0.491 e. The summed E-state index contributed by atoms with van der Waals surface area (Å²) < 4.78 is 11.3. The molecule has 152 valence electrons. The largest absolute Gasteiger partial charge is 0.491 e. The van der Waals surface area contributed by atoms with Crippen LogP contribution in [0.25, 0.3) is 11.1 Å². The molecule has 0 bridgehead atoms. The fraction of sp³-hybridized carbons (Fsp3) is 0.172. The second kappa shape index (κ2) is 7.11. The van der Waals surface area contributed by atoms with Gasteiger partial charge in [-0.3, -0.25) is 0 Å². The first-order chi connectivity index (χ1) is 15.3. The third-order valence-electron chi connectivity index (χ3n) is 6.59. The molecule has 1 aliphatic heterocycles. The van der Waals surface area contributed by atoms with Crippen molar-refractivity contribution in [2.45, 2.75) is 18.4 Å². The van der Waals surface area contributed by atoms with Crippen molar-refractivity contribution in [2.75, 3.05) is 13.2 Å². The lowest BCUT2D eigenvalue weighted by molar-refractivity contribution is 0.261. The minimum atomic E-state index is -0.350. The van der Waals surface area contributed by atoms with Crippen molar-refractivity contribution >= 4 is 0 Å². The Balaban J connectivity index is 1.60. The van der Waals surface area contributed by atoms with Gasteiger partial charge < -0.3 is 9.47 Å². The standard InChI is InChI=1S/C29H24O2/c1-20-17-22(15-16-28(20)31-19-23-18-30-23)29(21-9-3-2-4-10-21)26-13-7-5-11-24(26)25-12-6-8-14-27(25)29/h2-17,23H,18-19H2,1H3. The fourth-order valence-electron chi connectivity index (χ4n) is 5.10. The Bertz CT molecular complexity index is 1210. The maximum Gasteiger partial charge on any atom is 0.122 e. The van der Waals surface area contributed by atoms with Crippen LogP contribution in [0.5, 0.6) is 5.75 Å². The maximum atomic E-state index is 6.03. The highest BCUT2D eigenvalue weighted by Gasteiger charge is 2.45. The Morgan fingerprint density at radius 2 is 1.39 bits per heavy atom. The van der Waals surface area contributed by atoms with Crippen molar-refractivity contribution in [1.29, 1.82) is 0 Å². The molecule has 0 aromatic heterocycles. The Hall–Kier alpha value is -3.36. The van der Waals surface area contributed by atoms with Gasteiger partial charge in [-0.15, -0.1) is 0 Å². The molecule has 1 saturated heterocycles. The second-order valence-electron chi connectivity index (χ2n) is 8.45. The molecule has 1 atom stereocenters. The van der Waals surface area contributed by atoms with Gasteiger partial charge in [0.05, 0.1) is 12.0 Å². The van der Waals surface area contributed by atoms with Crippen LogP contribution in [-0.2, 0) is 10.2 Å². The molecule has 0 saturated carbocycles. The van der Waals surface area contributed by atoms with Gasteiger partial charge in [0.25, 0.3) is 0 Å². The Labute approximate surface area is 183 Å². The van der Waals surface area contributed by atoms with Gasteiger partial charge in [0.1, 0.15) is 18.5 Å². The van der Waals surface area contributed by atoms with Crippen LogP contribution >= 0.6 is 0 Å². The number of rotatable bonds is 5. The number of hydrogen-bond acceptors (Lipinski definition) is 2. The van der Waals surface area contributed by atoms with Gasteiger partial charge in [0, 0.05) is 0 Å². The summed E-state index contributed by atoms with van der Waals surface area (Å²) in [6.45, 7) is 3.57. The number of aryl methyl sites for hydroxylation is 1. The summed E-state index contributed by atoms with van der Waals surface area (Å²) >= 11 is 0. The highest BCUT2D eigenvalue weighted by atomic mass is 16.6. The van der Waals surface area contributed by atoms with E-state index in [0.717, 1.165) is 17.9 Å². The number of benzene rings is 4. The van der Waals surface area contributed by atoms with Crippen molar-refractivity contribution in [2.24, 2.45) is 0 Å². The van der Waals surface area contributed by atoms with Crippen molar-refractivity contribution in [3.05, 3.63) is 125 Å². The average Bonchev–Trinajstić information content (AvgIpc) is 3.60. The lowest BCUT2D eigenvalue weighted by Crippen LogP contribution is -2.28. The van der Waals surface area contributed by atoms with Gasteiger partial charge in [0.2, 0.25) is 0 Å². The van der Waals surface area contributed by atoms with E-state index in [-0.39, 0.29) is 11.5 Å². The Morgan fingerprint density at radius 1 is 0.774 bits per heavy atom. The second-order valence-corrected chi connectivity index (χ2v) is 8.45. The van der Waals surface area contributed by atoms with Crippen molar-refractivity contribution in [3.63, 3.8) is 0 Å². The van der Waals surface area contributed by atoms with Crippen LogP contribution in [0, 0.1) is 6.92 Å². The minimum absolute atomic E-state index is 0.253. The summed E-state index contributed by atoms with van der Waals surface area (Å²) in [5.74, 6) is 0.932. The molecule has 0 amide bonds. The molecule has 4 aromatic carbocycles. The van der Waals surface area contributed by atoms with Crippen LogP contribution in [0.2, 0.25) is 0 Å². The van der Waals surface area contributed by atoms with E-state index < -0.39 is 0 Å². The molecule has 2 aliphatic rings. The average molecular weight is 405 g/mol. The van der Waals surface area contributed by atoms with Crippen molar-refractivity contribution in [1.82, 2.24) is 0 Å². The van der Waals surface area contributed by atoms with Crippen LogP contribution in [-0.4, -0.2) is 19.3 Å². The lowest BCUT2D eigenvalue weighted by Gasteiger charge is -2.34. The van der Waals surface area contributed by atoms with E-state index in [0.29, 0.717) is 6.61 Å². The molecule has 1 unspecified atom stereocenters. The van der Waals surface area contributed by atoms with Gasteiger partial charge in [-0.05, 0) is 51.9 Å². The van der Waals surface area contributed by atoms with E-state index in [4.69, 9.17) is 9.47 Å². The maximum absolute atomic E-state index is 6.03. The molecule has 6 rings (SSSR count). The number of ether oxygens (including phenoxy) is 2. The molecule has 31 heavy (non-hydrogen) atoms. The first-order valence-electron chi connectivity index (χ1n) is 10.9. The number of hydrogen-bond donors (Lipinski definition) is 0. The predicted octanol–water partition coefficient (Wildman–Crippen LogP) is 6.14. The first-order valence-corrected chi connectivity index (χ1v) is 10.9. The zero-order valence-electron chi connectivity index (χ0n) is 17.5. The fourth-order valence-corrected chi connectivity index (χ4v) is 5.10. The monoisotopic (exact) mass is 404 g/mol. The van der Waals surface area contributed by atoms with E-state index in [9.17, 15) is 0 Å². The molecule has 2 heteroatoms. The van der Waals surface area contributed by atoms with E-state index in [2.05, 4.69) is 104 Å². The lowest BCUT2D eigenvalue weighted by atomic mass is 9.67. The van der Waals surface area contributed by atoms with Gasteiger partial charge in [-0.1, -0.05) is 91.0 Å². The van der Waals surface area contributed by atoms with E-state index in [1.54, 1.807) is 0 Å². The van der Waals surface area contributed by atoms with Gasteiger partial charge in [0.15, 0.2) is 0 Å². The van der Waals surface area contributed by atoms with E-state index in [1.807, 2.05) is 0 Å². The molecule has 1 fully saturated rings. The molecule has 1 aliphatic carbocycles. The topological polar surface area (TPSA) is 21.8 Å². The van der Waals surface area contributed by atoms with Gasteiger partial charge >= 0.3 is 0 Å². The Morgan fingerprint density at radius 3 is 2.00 bits per heavy atom. The quantitative estimate of drug-likeness (QED) is 0.328. The van der Waals surface area contributed by atoms with Gasteiger partial charge in [-0.2, -0.15) is 0 Å². The van der Waals surface area contributed by atoms with Crippen LogP contribution in [0.15, 0.2) is 97.1 Å². The molecular formula is C29H24O2. The van der Waals surface area contributed by atoms with Crippen LogP contribution in [0.1, 0.15) is 27.8 Å². The Kier molecular flexibility index (Phi) is 4.22. The molecule has 1 heterocycles. The summed E-state index contributed by atoms with van der Waals surface area (Å²) in [6, 6.07) is 35.2. The zero-order valence-corrected chi connectivity index (χ0v) is 17.5. The molecule has 2 nitrogen and oxygen atoms in total. The van der Waals surface area contributed by atoms with Crippen LogP contribution in [0.3, 0.4) is 0 Å². The number of epoxide rings is 1. The normalized spacial score (nSPS) is 17.6. The van der Waals surface area contributed by atoms with Crippen LogP contribution < -0.4 is 4.74 Å².